The van der Waals surface area contributed by atoms with E-state index in [1.165, 1.54) is 18.1 Å². The molecule has 138 valence electrons. The molecule has 0 spiro atoms. The third-order valence-electron chi connectivity index (χ3n) is 4.83. The van der Waals surface area contributed by atoms with E-state index in [4.69, 9.17) is 0 Å². The molecular formula is C21H27N3O2. The van der Waals surface area contributed by atoms with Crippen molar-refractivity contribution in [3.05, 3.63) is 65.2 Å². The second-order valence-electron chi connectivity index (χ2n) is 6.86. The number of carbonyl (C=O) groups excluding carboxylic acids is 1. The van der Waals surface area contributed by atoms with Crippen molar-refractivity contribution in [3.8, 4) is 0 Å². The molecule has 1 saturated heterocycles. The SMILES string of the molecule is CC(=O)Nc1ccc(CN2CCN(Cc3ccccc3CO)CC2)cc1. The van der Waals surface area contributed by atoms with Crippen LogP contribution in [-0.2, 0) is 24.5 Å². The van der Waals surface area contributed by atoms with Crippen LogP contribution in [0.15, 0.2) is 48.5 Å². The summed E-state index contributed by atoms with van der Waals surface area (Å²) in [7, 11) is 0. The van der Waals surface area contributed by atoms with Crippen LogP contribution in [-0.4, -0.2) is 47.0 Å². The fourth-order valence-electron chi connectivity index (χ4n) is 3.37. The minimum Gasteiger partial charge on any atom is -0.392 e. The van der Waals surface area contributed by atoms with E-state index in [1.54, 1.807) is 0 Å². The molecule has 0 aromatic heterocycles. The number of anilines is 1. The first-order valence-corrected chi connectivity index (χ1v) is 9.13. The number of carbonyl (C=O) groups is 1. The molecular weight excluding hydrogens is 326 g/mol. The van der Waals surface area contributed by atoms with E-state index < -0.39 is 0 Å². The Balaban J connectivity index is 1.48. The average Bonchev–Trinajstić information content (AvgIpc) is 2.65. The largest absolute Gasteiger partial charge is 0.392 e. The standard InChI is InChI=1S/C21H27N3O2/c1-17(26)22-21-8-6-18(7-9-21)14-23-10-12-24(13-11-23)15-19-4-2-3-5-20(19)16-25/h2-9,25H,10-16H2,1H3,(H,22,26). The van der Waals surface area contributed by atoms with Crippen LogP contribution in [0.5, 0.6) is 0 Å². The molecule has 1 aliphatic heterocycles. The summed E-state index contributed by atoms with van der Waals surface area (Å²) in [5.41, 5.74) is 4.35. The minimum atomic E-state index is -0.0448. The van der Waals surface area contributed by atoms with Gasteiger partial charge in [0.2, 0.25) is 5.91 Å². The first-order valence-electron chi connectivity index (χ1n) is 9.13. The zero-order chi connectivity index (χ0) is 18.4. The Kier molecular flexibility index (Phi) is 6.39. The quantitative estimate of drug-likeness (QED) is 0.838. The second kappa shape index (κ2) is 8.94. The van der Waals surface area contributed by atoms with Gasteiger partial charge in [0.05, 0.1) is 6.61 Å². The zero-order valence-electron chi connectivity index (χ0n) is 15.3. The number of hydrogen-bond donors (Lipinski definition) is 2. The lowest BCUT2D eigenvalue weighted by atomic mass is 10.1. The Labute approximate surface area is 155 Å². The summed E-state index contributed by atoms with van der Waals surface area (Å²) < 4.78 is 0. The van der Waals surface area contributed by atoms with Gasteiger partial charge in [-0.3, -0.25) is 14.6 Å². The van der Waals surface area contributed by atoms with Crippen LogP contribution in [0.1, 0.15) is 23.6 Å². The van der Waals surface area contributed by atoms with Crippen molar-refractivity contribution in [1.82, 2.24) is 9.80 Å². The lowest BCUT2D eigenvalue weighted by molar-refractivity contribution is -0.114. The molecule has 0 unspecified atom stereocenters. The van der Waals surface area contributed by atoms with Gasteiger partial charge in [-0.25, -0.2) is 0 Å². The highest BCUT2D eigenvalue weighted by atomic mass is 16.3. The molecule has 2 aromatic rings. The van der Waals surface area contributed by atoms with Crippen molar-refractivity contribution in [1.29, 1.82) is 0 Å². The average molecular weight is 353 g/mol. The van der Waals surface area contributed by atoms with Crippen LogP contribution < -0.4 is 5.32 Å². The molecule has 1 fully saturated rings. The van der Waals surface area contributed by atoms with E-state index in [0.29, 0.717) is 0 Å². The number of nitrogens with one attached hydrogen (secondary N) is 1. The normalized spacial score (nSPS) is 15.8. The number of piperazine rings is 1. The van der Waals surface area contributed by atoms with Gasteiger partial charge in [-0.2, -0.15) is 0 Å². The molecule has 2 aromatic carbocycles. The van der Waals surface area contributed by atoms with Gasteiger partial charge in [-0.1, -0.05) is 36.4 Å². The zero-order valence-corrected chi connectivity index (χ0v) is 15.3. The van der Waals surface area contributed by atoms with Gasteiger partial charge in [0.25, 0.3) is 0 Å². The predicted molar refractivity (Wildman–Crippen MR) is 104 cm³/mol. The van der Waals surface area contributed by atoms with Gasteiger partial charge in [0.1, 0.15) is 0 Å². The van der Waals surface area contributed by atoms with Crippen molar-refractivity contribution in [3.63, 3.8) is 0 Å². The van der Waals surface area contributed by atoms with Gasteiger partial charge >= 0.3 is 0 Å². The molecule has 0 aliphatic carbocycles. The summed E-state index contributed by atoms with van der Waals surface area (Å²) >= 11 is 0. The molecule has 3 rings (SSSR count). The first-order chi connectivity index (χ1) is 12.6. The van der Waals surface area contributed by atoms with E-state index in [-0.39, 0.29) is 12.5 Å². The van der Waals surface area contributed by atoms with Gasteiger partial charge in [0.15, 0.2) is 0 Å². The van der Waals surface area contributed by atoms with E-state index in [9.17, 15) is 9.90 Å². The lowest BCUT2D eigenvalue weighted by Crippen LogP contribution is -2.45. The maximum atomic E-state index is 11.1. The number of aliphatic hydroxyl groups excluding tert-OH is 1. The second-order valence-corrected chi connectivity index (χ2v) is 6.86. The van der Waals surface area contributed by atoms with Crippen molar-refractivity contribution in [2.45, 2.75) is 26.6 Å². The summed E-state index contributed by atoms with van der Waals surface area (Å²) in [6.45, 7) is 7.59. The number of rotatable bonds is 6. The molecule has 1 aliphatic rings. The summed E-state index contributed by atoms with van der Waals surface area (Å²) in [4.78, 5) is 16.0. The van der Waals surface area contributed by atoms with Crippen LogP contribution >= 0.6 is 0 Å². The monoisotopic (exact) mass is 353 g/mol. The van der Waals surface area contributed by atoms with E-state index in [2.05, 4.69) is 33.3 Å². The fourth-order valence-corrected chi connectivity index (χ4v) is 3.37. The number of amides is 1. The number of aliphatic hydroxyl groups is 1. The fraction of sp³-hybridized carbons (Fsp3) is 0.381. The molecule has 0 atom stereocenters. The Morgan fingerprint density at radius 1 is 0.923 bits per heavy atom. The molecule has 5 nitrogen and oxygen atoms in total. The molecule has 0 radical (unpaired) electrons. The number of benzene rings is 2. The highest BCUT2D eigenvalue weighted by molar-refractivity contribution is 5.88. The Bertz CT molecular complexity index is 722. The summed E-state index contributed by atoms with van der Waals surface area (Å²) in [6.07, 6.45) is 0. The van der Waals surface area contributed by atoms with Crippen LogP contribution in [0.2, 0.25) is 0 Å². The van der Waals surface area contributed by atoms with Crippen molar-refractivity contribution in [2.24, 2.45) is 0 Å². The number of hydrogen-bond acceptors (Lipinski definition) is 4. The van der Waals surface area contributed by atoms with Gasteiger partial charge in [-0.15, -0.1) is 0 Å². The first kappa shape index (κ1) is 18.6. The smallest absolute Gasteiger partial charge is 0.221 e. The van der Waals surface area contributed by atoms with Gasteiger partial charge < -0.3 is 10.4 Å². The Morgan fingerprint density at radius 2 is 1.50 bits per heavy atom. The predicted octanol–water partition coefficient (Wildman–Crippen LogP) is 2.46. The maximum Gasteiger partial charge on any atom is 0.221 e. The third-order valence-corrected chi connectivity index (χ3v) is 4.83. The minimum absolute atomic E-state index is 0.0448. The van der Waals surface area contributed by atoms with Crippen molar-refractivity contribution >= 4 is 11.6 Å². The lowest BCUT2D eigenvalue weighted by Gasteiger charge is -2.35. The van der Waals surface area contributed by atoms with Crippen LogP contribution in [0, 0.1) is 0 Å². The molecule has 0 bridgehead atoms. The molecule has 2 N–H and O–H groups in total. The molecule has 5 heteroatoms. The Morgan fingerprint density at radius 3 is 2.08 bits per heavy atom. The third kappa shape index (κ3) is 5.14. The van der Waals surface area contributed by atoms with E-state index in [0.717, 1.165) is 50.5 Å². The molecule has 26 heavy (non-hydrogen) atoms. The highest BCUT2D eigenvalue weighted by Gasteiger charge is 2.17. The highest BCUT2D eigenvalue weighted by Crippen LogP contribution is 2.16. The summed E-state index contributed by atoms with van der Waals surface area (Å²) in [5.74, 6) is -0.0448. The van der Waals surface area contributed by atoms with E-state index in [1.807, 2.05) is 30.3 Å². The summed E-state index contributed by atoms with van der Waals surface area (Å²) in [6, 6.07) is 16.2. The number of nitrogens with zero attached hydrogens (tertiary/aromatic N) is 2. The summed E-state index contributed by atoms with van der Waals surface area (Å²) in [5, 5.41) is 12.3. The Hall–Kier alpha value is -2.21. The maximum absolute atomic E-state index is 11.1. The van der Waals surface area contributed by atoms with Crippen molar-refractivity contribution in [2.75, 3.05) is 31.5 Å². The van der Waals surface area contributed by atoms with Gasteiger partial charge in [0, 0.05) is 51.9 Å². The molecule has 1 heterocycles. The molecule has 1 amide bonds. The molecule has 0 saturated carbocycles. The van der Waals surface area contributed by atoms with Crippen molar-refractivity contribution < 1.29 is 9.90 Å². The van der Waals surface area contributed by atoms with Gasteiger partial charge in [-0.05, 0) is 28.8 Å². The van der Waals surface area contributed by atoms with Crippen LogP contribution in [0.25, 0.3) is 0 Å². The van der Waals surface area contributed by atoms with Crippen LogP contribution in [0.3, 0.4) is 0 Å². The van der Waals surface area contributed by atoms with Crippen LogP contribution in [0.4, 0.5) is 5.69 Å². The van der Waals surface area contributed by atoms with E-state index >= 15 is 0 Å². The topological polar surface area (TPSA) is 55.8 Å².